The third-order valence-electron chi connectivity index (χ3n) is 1.52. The summed E-state index contributed by atoms with van der Waals surface area (Å²) in [5.41, 5.74) is 2.37. The van der Waals surface area contributed by atoms with E-state index in [4.69, 9.17) is 5.11 Å². The first kappa shape index (κ1) is 9.49. The SMILES string of the molecule is OCC=Cc1cccc(CBr)c1. The molecule has 2 heteroatoms. The van der Waals surface area contributed by atoms with E-state index in [1.165, 1.54) is 5.56 Å². The second-order valence-corrected chi connectivity index (χ2v) is 3.02. The van der Waals surface area contributed by atoms with Crippen LogP contribution in [0.25, 0.3) is 6.08 Å². The summed E-state index contributed by atoms with van der Waals surface area (Å²) in [6, 6.07) is 8.16. The topological polar surface area (TPSA) is 20.2 Å². The van der Waals surface area contributed by atoms with Gasteiger partial charge in [0.1, 0.15) is 0 Å². The summed E-state index contributed by atoms with van der Waals surface area (Å²) in [6.07, 6.45) is 3.64. The minimum absolute atomic E-state index is 0.0958. The molecule has 0 spiro atoms. The van der Waals surface area contributed by atoms with Crippen molar-refractivity contribution in [2.24, 2.45) is 0 Å². The van der Waals surface area contributed by atoms with E-state index in [1.54, 1.807) is 6.08 Å². The van der Waals surface area contributed by atoms with Crippen LogP contribution in [0.3, 0.4) is 0 Å². The van der Waals surface area contributed by atoms with Gasteiger partial charge in [0.2, 0.25) is 0 Å². The van der Waals surface area contributed by atoms with E-state index in [9.17, 15) is 0 Å². The molecular weight excluding hydrogens is 216 g/mol. The average Bonchev–Trinajstić information content (AvgIpc) is 2.15. The second kappa shape index (κ2) is 5.12. The molecule has 0 heterocycles. The lowest BCUT2D eigenvalue weighted by Gasteiger charge is -1.96. The van der Waals surface area contributed by atoms with Gasteiger partial charge in [-0.3, -0.25) is 0 Å². The predicted octanol–water partition coefficient (Wildman–Crippen LogP) is 2.59. The number of hydrogen-bond donors (Lipinski definition) is 1. The Hall–Kier alpha value is -0.600. The van der Waals surface area contributed by atoms with E-state index in [1.807, 2.05) is 18.2 Å². The van der Waals surface area contributed by atoms with E-state index in [2.05, 4.69) is 28.1 Å². The van der Waals surface area contributed by atoms with Crippen molar-refractivity contribution < 1.29 is 5.11 Å². The molecular formula is C10H11BrO. The predicted molar refractivity (Wildman–Crippen MR) is 55.2 cm³/mol. The quantitative estimate of drug-likeness (QED) is 0.787. The molecule has 0 aromatic heterocycles. The summed E-state index contributed by atoms with van der Waals surface area (Å²) in [5.74, 6) is 0. The molecule has 1 aromatic rings. The largest absolute Gasteiger partial charge is 0.392 e. The van der Waals surface area contributed by atoms with Crippen molar-refractivity contribution in [1.29, 1.82) is 0 Å². The van der Waals surface area contributed by atoms with Crippen LogP contribution in [-0.2, 0) is 5.33 Å². The van der Waals surface area contributed by atoms with Crippen LogP contribution in [0.15, 0.2) is 30.3 Å². The number of rotatable bonds is 3. The molecule has 0 saturated heterocycles. The number of aliphatic hydroxyl groups excluding tert-OH is 1. The van der Waals surface area contributed by atoms with Crippen LogP contribution in [0, 0.1) is 0 Å². The molecule has 0 radical (unpaired) electrons. The zero-order valence-corrected chi connectivity index (χ0v) is 8.29. The van der Waals surface area contributed by atoms with Gasteiger partial charge in [-0.15, -0.1) is 0 Å². The Morgan fingerprint density at radius 3 is 2.92 bits per heavy atom. The van der Waals surface area contributed by atoms with Gasteiger partial charge in [-0.25, -0.2) is 0 Å². The number of aliphatic hydroxyl groups is 1. The maximum atomic E-state index is 8.56. The maximum Gasteiger partial charge on any atom is 0.0615 e. The van der Waals surface area contributed by atoms with Gasteiger partial charge < -0.3 is 5.11 Å². The van der Waals surface area contributed by atoms with Crippen molar-refractivity contribution in [2.75, 3.05) is 6.61 Å². The average molecular weight is 227 g/mol. The molecule has 0 saturated carbocycles. The minimum Gasteiger partial charge on any atom is -0.392 e. The first-order chi connectivity index (χ1) is 5.86. The fourth-order valence-electron chi connectivity index (χ4n) is 0.969. The monoisotopic (exact) mass is 226 g/mol. The molecule has 64 valence electrons. The van der Waals surface area contributed by atoms with E-state index < -0.39 is 0 Å². The molecule has 1 nitrogen and oxygen atoms in total. The molecule has 12 heavy (non-hydrogen) atoms. The van der Waals surface area contributed by atoms with E-state index in [0.29, 0.717) is 0 Å². The highest BCUT2D eigenvalue weighted by Crippen LogP contribution is 2.09. The van der Waals surface area contributed by atoms with Gasteiger partial charge in [-0.2, -0.15) is 0 Å². The molecule has 1 rings (SSSR count). The van der Waals surface area contributed by atoms with Gasteiger partial charge in [-0.05, 0) is 11.1 Å². The molecule has 0 atom stereocenters. The van der Waals surface area contributed by atoms with Crippen molar-refractivity contribution in [1.82, 2.24) is 0 Å². The van der Waals surface area contributed by atoms with Crippen LogP contribution in [0.5, 0.6) is 0 Å². The fourth-order valence-corrected chi connectivity index (χ4v) is 1.32. The maximum absolute atomic E-state index is 8.56. The van der Waals surface area contributed by atoms with Crippen molar-refractivity contribution in [3.05, 3.63) is 41.5 Å². The number of benzene rings is 1. The Morgan fingerprint density at radius 1 is 1.42 bits per heavy atom. The molecule has 0 aliphatic heterocycles. The molecule has 0 aliphatic rings. The Bertz CT molecular complexity index is 268. The van der Waals surface area contributed by atoms with Crippen LogP contribution >= 0.6 is 15.9 Å². The van der Waals surface area contributed by atoms with Crippen LogP contribution < -0.4 is 0 Å². The lowest BCUT2D eigenvalue weighted by molar-refractivity contribution is 0.343. The Morgan fingerprint density at radius 2 is 2.25 bits per heavy atom. The molecule has 1 aromatic carbocycles. The van der Waals surface area contributed by atoms with Gasteiger partial charge in [0.05, 0.1) is 6.61 Å². The molecule has 0 bridgehead atoms. The Labute approximate surface area is 80.9 Å². The van der Waals surface area contributed by atoms with Crippen LogP contribution in [-0.4, -0.2) is 11.7 Å². The third kappa shape index (κ3) is 2.80. The summed E-state index contributed by atoms with van der Waals surface area (Å²) in [5, 5.41) is 9.43. The van der Waals surface area contributed by atoms with E-state index in [-0.39, 0.29) is 6.61 Å². The second-order valence-electron chi connectivity index (χ2n) is 2.46. The number of hydrogen-bond acceptors (Lipinski definition) is 1. The van der Waals surface area contributed by atoms with Crippen LogP contribution in [0.1, 0.15) is 11.1 Å². The molecule has 0 fully saturated rings. The van der Waals surface area contributed by atoms with Gasteiger partial charge in [0, 0.05) is 5.33 Å². The summed E-state index contributed by atoms with van der Waals surface area (Å²) >= 11 is 3.39. The first-order valence-electron chi connectivity index (χ1n) is 3.79. The van der Waals surface area contributed by atoms with Gasteiger partial charge in [-0.1, -0.05) is 52.3 Å². The van der Waals surface area contributed by atoms with Crippen molar-refractivity contribution in [3.63, 3.8) is 0 Å². The van der Waals surface area contributed by atoms with Crippen LogP contribution in [0.2, 0.25) is 0 Å². The van der Waals surface area contributed by atoms with Gasteiger partial charge in [0.25, 0.3) is 0 Å². The standard InChI is InChI=1S/C10H11BrO/c11-8-10-4-1-3-9(7-10)5-2-6-12/h1-5,7,12H,6,8H2. The molecule has 1 N–H and O–H groups in total. The third-order valence-corrected chi connectivity index (χ3v) is 2.17. The molecule has 0 amide bonds. The summed E-state index contributed by atoms with van der Waals surface area (Å²) in [6.45, 7) is 0.0958. The van der Waals surface area contributed by atoms with Gasteiger partial charge in [0.15, 0.2) is 0 Å². The fraction of sp³-hybridized carbons (Fsp3) is 0.200. The minimum atomic E-state index is 0.0958. The smallest absolute Gasteiger partial charge is 0.0615 e. The highest BCUT2D eigenvalue weighted by atomic mass is 79.9. The lowest BCUT2D eigenvalue weighted by atomic mass is 10.1. The summed E-state index contributed by atoms with van der Waals surface area (Å²) in [7, 11) is 0. The number of alkyl halides is 1. The Kier molecular flexibility index (Phi) is 4.05. The molecule has 0 aliphatic carbocycles. The van der Waals surface area contributed by atoms with E-state index >= 15 is 0 Å². The highest BCUT2D eigenvalue weighted by molar-refractivity contribution is 9.08. The van der Waals surface area contributed by atoms with Crippen LogP contribution in [0.4, 0.5) is 0 Å². The molecule has 0 unspecified atom stereocenters. The van der Waals surface area contributed by atoms with Crippen molar-refractivity contribution in [3.8, 4) is 0 Å². The summed E-state index contributed by atoms with van der Waals surface area (Å²) < 4.78 is 0. The lowest BCUT2D eigenvalue weighted by Crippen LogP contribution is -1.79. The highest BCUT2D eigenvalue weighted by Gasteiger charge is 1.89. The zero-order valence-electron chi connectivity index (χ0n) is 6.70. The van der Waals surface area contributed by atoms with Crippen molar-refractivity contribution >= 4 is 22.0 Å². The van der Waals surface area contributed by atoms with E-state index in [0.717, 1.165) is 10.9 Å². The normalized spacial score (nSPS) is 10.8. The Balaban J connectivity index is 2.79. The van der Waals surface area contributed by atoms with Crippen molar-refractivity contribution in [2.45, 2.75) is 5.33 Å². The van der Waals surface area contributed by atoms with Gasteiger partial charge >= 0.3 is 0 Å². The number of halogens is 1. The zero-order chi connectivity index (χ0) is 8.81. The summed E-state index contributed by atoms with van der Waals surface area (Å²) in [4.78, 5) is 0. The first-order valence-corrected chi connectivity index (χ1v) is 4.91.